The summed E-state index contributed by atoms with van der Waals surface area (Å²) in [5.74, 6) is -0.113. The molecule has 38 heavy (non-hydrogen) atoms. The summed E-state index contributed by atoms with van der Waals surface area (Å²) in [6.45, 7) is 3.65. The Bertz CT molecular complexity index is 1400. The molecule has 0 atom stereocenters. The number of nitrogens with two attached hydrogens (primary N) is 1. The number of ketones is 1. The first-order valence-electron chi connectivity index (χ1n) is 11.7. The minimum Gasteiger partial charge on any atom is -0.493 e. The highest BCUT2D eigenvalue weighted by Gasteiger charge is 2.45. The van der Waals surface area contributed by atoms with E-state index in [2.05, 4.69) is 5.10 Å². The second-order valence-electron chi connectivity index (χ2n) is 9.94. The van der Waals surface area contributed by atoms with E-state index in [1.807, 2.05) is 13.8 Å². The number of carbonyl (C=O) groups is 2. The number of fused-ring (bicyclic) bond motifs is 1. The molecule has 0 radical (unpaired) electrons. The lowest BCUT2D eigenvalue weighted by atomic mass is 9.75. The first kappa shape index (κ1) is 27.0. The number of aromatic nitrogens is 2. The number of carbonyl (C=O) groups excluding carboxylic acids is 2. The molecule has 2 aromatic carbocycles. The van der Waals surface area contributed by atoms with Crippen molar-refractivity contribution in [3.63, 3.8) is 0 Å². The molecule has 3 aromatic rings. The minimum atomic E-state index is -4.81. The number of Topliss-reactive ketones (excluding diaryl/α,β-unsaturated/α-hetero) is 1. The van der Waals surface area contributed by atoms with Crippen LogP contribution in [0.3, 0.4) is 0 Å². The lowest BCUT2D eigenvalue weighted by Crippen LogP contribution is -2.29. The summed E-state index contributed by atoms with van der Waals surface area (Å²) in [6, 6.07) is 7.89. The van der Waals surface area contributed by atoms with E-state index in [0.717, 1.165) is 4.68 Å². The average molecular weight is 532 g/mol. The van der Waals surface area contributed by atoms with Crippen molar-refractivity contribution in [3.8, 4) is 22.9 Å². The van der Waals surface area contributed by atoms with Crippen LogP contribution in [0.5, 0.6) is 17.2 Å². The number of halogens is 3. The van der Waals surface area contributed by atoms with E-state index < -0.39 is 34.5 Å². The Morgan fingerprint density at radius 2 is 1.68 bits per heavy atom. The van der Waals surface area contributed by atoms with Crippen molar-refractivity contribution >= 4 is 11.7 Å². The van der Waals surface area contributed by atoms with Gasteiger partial charge in [-0.3, -0.25) is 9.59 Å². The SMILES string of the molecule is COc1cc(Cc2cc(-n3nc(C(F)(F)F)c4c3CC(C)(C)CC4=O)ccc2C(N)=O)cc(OC)c1OC. The lowest BCUT2D eigenvalue weighted by molar-refractivity contribution is -0.141. The zero-order chi connectivity index (χ0) is 28.0. The second kappa shape index (κ2) is 9.70. The summed E-state index contributed by atoms with van der Waals surface area (Å²) in [5.41, 5.74) is 5.23. The molecule has 0 bridgehead atoms. The van der Waals surface area contributed by atoms with E-state index in [4.69, 9.17) is 19.9 Å². The molecule has 1 aliphatic rings. The Labute approximate surface area is 217 Å². The second-order valence-corrected chi connectivity index (χ2v) is 9.94. The van der Waals surface area contributed by atoms with Gasteiger partial charge in [-0.1, -0.05) is 13.8 Å². The van der Waals surface area contributed by atoms with Gasteiger partial charge in [0.1, 0.15) is 0 Å². The smallest absolute Gasteiger partial charge is 0.435 e. The van der Waals surface area contributed by atoms with E-state index in [1.54, 1.807) is 18.2 Å². The number of ether oxygens (including phenoxy) is 3. The maximum atomic E-state index is 13.9. The number of methoxy groups -OCH3 is 3. The zero-order valence-electron chi connectivity index (χ0n) is 21.7. The van der Waals surface area contributed by atoms with Crippen LogP contribution in [0.15, 0.2) is 30.3 Å². The summed E-state index contributed by atoms with van der Waals surface area (Å²) in [6.07, 6.45) is -4.43. The van der Waals surface area contributed by atoms with Crippen LogP contribution in [0.25, 0.3) is 5.69 Å². The van der Waals surface area contributed by atoms with Crippen LogP contribution in [-0.2, 0) is 19.0 Å². The van der Waals surface area contributed by atoms with Gasteiger partial charge in [-0.2, -0.15) is 18.3 Å². The van der Waals surface area contributed by atoms with Crippen LogP contribution >= 0.6 is 0 Å². The van der Waals surface area contributed by atoms with Gasteiger partial charge in [-0.25, -0.2) is 4.68 Å². The first-order valence-corrected chi connectivity index (χ1v) is 11.7. The van der Waals surface area contributed by atoms with Gasteiger partial charge in [0.15, 0.2) is 23.0 Å². The highest BCUT2D eigenvalue weighted by molar-refractivity contribution is 6.00. The molecular formula is C27H28F3N3O5. The average Bonchev–Trinajstić information content (AvgIpc) is 3.22. The van der Waals surface area contributed by atoms with E-state index >= 15 is 0 Å². The third-order valence-corrected chi connectivity index (χ3v) is 6.53. The monoisotopic (exact) mass is 531 g/mol. The molecule has 8 nitrogen and oxygen atoms in total. The lowest BCUT2D eigenvalue weighted by Gasteiger charge is -2.29. The number of alkyl halides is 3. The normalized spacial score (nSPS) is 14.7. The highest BCUT2D eigenvalue weighted by Crippen LogP contribution is 2.42. The van der Waals surface area contributed by atoms with Gasteiger partial charge in [-0.15, -0.1) is 0 Å². The molecule has 4 rings (SSSR count). The Hall–Kier alpha value is -4.02. The number of primary amides is 1. The van der Waals surface area contributed by atoms with Crippen LogP contribution < -0.4 is 19.9 Å². The van der Waals surface area contributed by atoms with Crippen molar-refractivity contribution in [2.45, 2.75) is 39.3 Å². The number of hydrogen-bond donors (Lipinski definition) is 1. The Morgan fingerprint density at radius 1 is 1.05 bits per heavy atom. The molecule has 0 saturated heterocycles. The van der Waals surface area contributed by atoms with Gasteiger partial charge in [0, 0.05) is 12.0 Å². The maximum absolute atomic E-state index is 13.9. The molecule has 1 amide bonds. The molecule has 0 unspecified atom stereocenters. The molecule has 11 heteroatoms. The van der Waals surface area contributed by atoms with Gasteiger partial charge in [-0.05, 0) is 59.7 Å². The number of hydrogen-bond acceptors (Lipinski definition) is 6. The van der Waals surface area contributed by atoms with Crippen LogP contribution in [0, 0.1) is 5.41 Å². The molecule has 2 N–H and O–H groups in total. The standard InChI is InChI=1S/C27H28F3N3O5/c1-26(2)12-18-22(19(34)13-26)24(27(28,29)30)32-33(18)16-6-7-17(25(31)35)15(11-16)8-14-9-20(36-3)23(38-5)21(10-14)37-4/h6-7,9-11H,8,12-13H2,1-5H3,(H2,31,35). The van der Waals surface area contributed by atoms with Crippen molar-refractivity contribution in [2.24, 2.45) is 11.1 Å². The molecule has 202 valence electrons. The number of nitrogens with zero attached hydrogens (tertiary/aromatic N) is 2. The fourth-order valence-corrected chi connectivity index (χ4v) is 4.92. The minimum absolute atomic E-state index is 0.0121. The maximum Gasteiger partial charge on any atom is 0.435 e. The fourth-order valence-electron chi connectivity index (χ4n) is 4.92. The predicted octanol–water partition coefficient (Wildman–Crippen LogP) is 4.76. The molecule has 0 aliphatic heterocycles. The molecule has 0 fully saturated rings. The van der Waals surface area contributed by atoms with E-state index in [0.29, 0.717) is 28.4 Å². The van der Waals surface area contributed by atoms with E-state index in [1.165, 1.54) is 33.5 Å². The number of benzene rings is 2. The third-order valence-electron chi connectivity index (χ3n) is 6.53. The van der Waals surface area contributed by atoms with Gasteiger partial charge in [0.2, 0.25) is 11.7 Å². The molecule has 0 saturated carbocycles. The van der Waals surface area contributed by atoms with Crippen LogP contribution in [0.1, 0.15) is 63.5 Å². The van der Waals surface area contributed by atoms with Gasteiger partial charge >= 0.3 is 6.18 Å². The first-order chi connectivity index (χ1) is 17.8. The largest absolute Gasteiger partial charge is 0.493 e. The van der Waals surface area contributed by atoms with Crippen molar-refractivity contribution in [1.29, 1.82) is 0 Å². The predicted molar refractivity (Wildman–Crippen MR) is 132 cm³/mol. The molecule has 1 heterocycles. The van der Waals surface area contributed by atoms with E-state index in [9.17, 15) is 22.8 Å². The Kier molecular flexibility index (Phi) is 6.90. The molecular weight excluding hydrogens is 503 g/mol. The quantitative estimate of drug-likeness (QED) is 0.471. The number of rotatable bonds is 7. The van der Waals surface area contributed by atoms with Crippen molar-refractivity contribution in [1.82, 2.24) is 9.78 Å². The Morgan fingerprint density at radius 3 is 2.21 bits per heavy atom. The third kappa shape index (κ3) is 4.92. The summed E-state index contributed by atoms with van der Waals surface area (Å²) < 4.78 is 59.0. The van der Waals surface area contributed by atoms with Gasteiger partial charge in [0.25, 0.3) is 0 Å². The summed E-state index contributed by atoms with van der Waals surface area (Å²) in [7, 11) is 4.41. The Balaban J connectivity index is 1.88. The van der Waals surface area contributed by atoms with Crippen LogP contribution in [-0.4, -0.2) is 42.8 Å². The van der Waals surface area contributed by atoms with Gasteiger partial charge < -0.3 is 19.9 Å². The highest BCUT2D eigenvalue weighted by atomic mass is 19.4. The summed E-state index contributed by atoms with van der Waals surface area (Å²) in [4.78, 5) is 25.0. The van der Waals surface area contributed by atoms with E-state index in [-0.39, 0.29) is 36.2 Å². The summed E-state index contributed by atoms with van der Waals surface area (Å²) in [5, 5.41) is 3.85. The van der Waals surface area contributed by atoms with Crippen molar-refractivity contribution in [2.75, 3.05) is 21.3 Å². The van der Waals surface area contributed by atoms with Crippen LogP contribution in [0.2, 0.25) is 0 Å². The zero-order valence-corrected chi connectivity index (χ0v) is 21.7. The summed E-state index contributed by atoms with van der Waals surface area (Å²) >= 11 is 0. The molecule has 0 spiro atoms. The van der Waals surface area contributed by atoms with Crippen molar-refractivity contribution in [3.05, 3.63) is 64.0 Å². The molecule has 1 aromatic heterocycles. The van der Waals surface area contributed by atoms with Crippen LogP contribution in [0.4, 0.5) is 13.2 Å². The van der Waals surface area contributed by atoms with Crippen molar-refractivity contribution < 1.29 is 37.0 Å². The number of amides is 1. The molecule has 1 aliphatic carbocycles. The fraction of sp³-hybridized carbons (Fsp3) is 0.370. The topological polar surface area (TPSA) is 106 Å². The van der Waals surface area contributed by atoms with Gasteiger partial charge in [0.05, 0.1) is 38.3 Å².